The van der Waals surface area contributed by atoms with E-state index in [1.165, 1.54) is 14.7 Å². The molecule has 0 spiro atoms. The highest BCUT2D eigenvalue weighted by Gasteiger charge is 2.54. The summed E-state index contributed by atoms with van der Waals surface area (Å²) in [6, 6.07) is -1.01. The Kier molecular flexibility index (Phi) is 7.53. The molecule has 5 rings (SSSR count). The summed E-state index contributed by atoms with van der Waals surface area (Å²) in [5.74, 6) is -0.264. The van der Waals surface area contributed by atoms with Crippen LogP contribution in [0.25, 0.3) is 0 Å². The number of likely N-dealkylation sites (N-methyl/N-ethyl adjacent to an activating group) is 1. The second kappa shape index (κ2) is 10.6. The van der Waals surface area contributed by atoms with Crippen molar-refractivity contribution in [3.05, 3.63) is 11.4 Å². The molecule has 0 aromatic heterocycles. The van der Waals surface area contributed by atoms with Gasteiger partial charge in [0.2, 0.25) is 0 Å². The zero-order valence-electron chi connectivity index (χ0n) is 23.1. The van der Waals surface area contributed by atoms with Crippen LogP contribution in [0, 0.1) is 17.8 Å². The van der Waals surface area contributed by atoms with Crippen molar-refractivity contribution in [1.29, 1.82) is 0 Å². The molecule has 5 aliphatic rings. The number of imide groups is 2. The summed E-state index contributed by atoms with van der Waals surface area (Å²) in [6.45, 7) is 4.43. The van der Waals surface area contributed by atoms with Gasteiger partial charge in [-0.2, -0.15) is 0 Å². The third-order valence-corrected chi connectivity index (χ3v) is 9.76. The SMILES string of the molecule is CN1C(=O)N(CC2CNC2)[C@@](C)(CC2CCC(N3C(=O)N(CC4CCCC4)C(=O)C(=C(N)N)C3O)CC2)C1=O. The Hall–Kier alpha value is -2.86. The van der Waals surface area contributed by atoms with Crippen molar-refractivity contribution in [3.63, 3.8) is 0 Å². The van der Waals surface area contributed by atoms with E-state index >= 15 is 0 Å². The third-order valence-electron chi connectivity index (χ3n) is 9.76. The van der Waals surface area contributed by atoms with Crippen molar-refractivity contribution in [2.24, 2.45) is 29.2 Å². The van der Waals surface area contributed by atoms with Gasteiger partial charge in [0, 0.05) is 45.2 Å². The number of aliphatic hydroxyl groups is 1. The number of nitrogens with two attached hydrogens (primary N) is 2. The normalized spacial score (nSPS) is 33.0. The predicted octanol–water partition coefficient (Wildman–Crippen LogP) is 0.709. The summed E-state index contributed by atoms with van der Waals surface area (Å²) < 4.78 is 0. The van der Waals surface area contributed by atoms with Crippen molar-refractivity contribution in [1.82, 2.24) is 24.9 Å². The van der Waals surface area contributed by atoms with Gasteiger partial charge in [-0.15, -0.1) is 0 Å². The molecule has 6 amide bonds. The lowest BCUT2D eigenvalue weighted by Crippen LogP contribution is -2.63. The number of amides is 6. The van der Waals surface area contributed by atoms with Crippen LogP contribution in [0.5, 0.6) is 0 Å². The Balaban J connectivity index is 1.28. The molecule has 12 heteroatoms. The average molecular weight is 546 g/mol. The van der Waals surface area contributed by atoms with Crippen LogP contribution in [0.4, 0.5) is 9.59 Å². The molecule has 0 bridgehead atoms. The number of nitrogens with one attached hydrogen (secondary N) is 1. The molecular weight excluding hydrogens is 502 g/mol. The van der Waals surface area contributed by atoms with Gasteiger partial charge in [-0.1, -0.05) is 12.8 Å². The number of aliphatic hydroxyl groups excluding tert-OH is 1. The molecule has 3 heterocycles. The maximum absolute atomic E-state index is 13.6. The van der Waals surface area contributed by atoms with Gasteiger partial charge in [0.15, 0.2) is 6.23 Å². The van der Waals surface area contributed by atoms with Gasteiger partial charge >= 0.3 is 12.1 Å². The number of carbonyl (C=O) groups is 4. The predicted molar refractivity (Wildman–Crippen MR) is 142 cm³/mol. The van der Waals surface area contributed by atoms with E-state index in [0.717, 1.165) is 51.6 Å². The van der Waals surface area contributed by atoms with E-state index in [-0.39, 0.29) is 41.2 Å². The first-order chi connectivity index (χ1) is 18.5. The van der Waals surface area contributed by atoms with Gasteiger partial charge in [0.25, 0.3) is 11.8 Å². The van der Waals surface area contributed by atoms with Crippen molar-refractivity contribution in [3.8, 4) is 0 Å². The van der Waals surface area contributed by atoms with Crippen LogP contribution >= 0.6 is 0 Å². The molecule has 39 heavy (non-hydrogen) atoms. The molecular formula is C27H43N7O5. The van der Waals surface area contributed by atoms with E-state index in [9.17, 15) is 24.3 Å². The molecule has 0 aromatic rings. The van der Waals surface area contributed by atoms with Crippen LogP contribution in [0.3, 0.4) is 0 Å². The van der Waals surface area contributed by atoms with Crippen molar-refractivity contribution >= 4 is 23.9 Å². The Morgan fingerprint density at radius 1 is 0.923 bits per heavy atom. The zero-order chi connectivity index (χ0) is 28.1. The summed E-state index contributed by atoms with van der Waals surface area (Å²) in [4.78, 5) is 58.4. The smallest absolute Gasteiger partial charge is 0.329 e. The number of carbonyl (C=O) groups excluding carboxylic acids is 4. The Labute approximate surface area is 229 Å². The quantitative estimate of drug-likeness (QED) is 0.268. The van der Waals surface area contributed by atoms with Gasteiger partial charge in [0.1, 0.15) is 16.9 Å². The lowest BCUT2D eigenvalue weighted by molar-refractivity contribution is -0.133. The minimum absolute atomic E-state index is 0.124. The molecule has 216 valence electrons. The number of hydrogen-bond acceptors (Lipinski definition) is 8. The van der Waals surface area contributed by atoms with Crippen LogP contribution in [0.2, 0.25) is 0 Å². The van der Waals surface area contributed by atoms with Crippen molar-refractivity contribution in [2.75, 3.05) is 33.2 Å². The molecule has 2 saturated carbocycles. The minimum Gasteiger partial charge on any atom is -0.385 e. The summed E-state index contributed by atoms with van der Waals surface area (Å²) in [5, 5.41) is 14.3. The first-order valence-electron chi connectivity index (χ1n) is 14.4. The van der Waals surface area contributed by atoms with Crippen LogP contribution in [0.1, 0.15) is 64.7 Å². The minimum atomic E-state index is -1.48. The largest absolute Gasteiger partial charge is 0.385 e. The fraction of sp³-hybridized carbons (Fsp3) is 0.778. The van der Waals surface area contributed by atoms with E-state index in [4.69, 9.17) is 11.5 Å². The molecule has 3 aliphatic heterocycles. The molecule has 2 atom stereocenters. The van der Waals surface area contributed by atoms with E-state index in [1.54, 1.807) is 11.9 Å². The fourth-order valence-corrected chi connectivity index (χ4v) is 7.32. The first-order valence-corrected chi connectivity index (χ1v) is 14.4. The van der Waals surface area contributed by atoms with E-state index in [2.05, 4.69) is 5.32 Å². The second-order valence-electron chi connectivity index (χ2n) is 12.4. The van der Waals surface area contributed by atoms with E-state index in [0.29, 0.717) is 38.3 Å². The second-order valence-corrected chi connectivity index (χ2v) is 12.4. The van der Waals surface area contributed by atoms with E-state index < -0.39 is 23.7 Å². The van der Waals surface area contributed by atoms with Crippen LogP contribution in [0.15, 0.2) is 11.4 Å². The van der Waals surface area contributed by atoms with Gasteiger partial charge in [-0.3, -0.25) is 24.3 Å². The zero-order valence-corrected chi connectivity index (χ0v) is 23.1. The number of rotatable bonds is 7. The maximum Gasteiger partial charge on any atom is 0.329 e. The standard InChI is InChI=1S/C27H43N7O5/c1-27(24(37)31(2)25(38)33(27)15-18-12-30-13-18)11-16-7-9-19(10-8-16)34-23(36)20(21(28)29)22(35)32(26(34)39)14-17-5-3-4-6-17/h16-19,23,30,36H,3-15,28-29H2,1-2H3/t16?,19?,23?,27-/m0/s1. The molecule has 2 aliphatic carbocycles. The Bertz CT molecular complexity index is 1040. The Morgan fingerprint density at radius 3 is 2.13 bits per heavy atom. The number of nitrogens with zero attached hydrogens (tertiary/aromatic N) is 4. The van der Waals surface area contributed by atoms with Gasteiger partial charge in [0.05, 0.1) is 0 Å². The molecule has 0 aromatic carbocycles. The van der Waals surface area contributed by atoms with Crippen LogP contribution in [-0.2, 0) is 9.59 Å². The van der Waals surface area contributed by atoms with E-state index in [1.807, 2.05) is 6.92 Å². The molecule has 5 fully saturated rings. The highest BCUT2D eigenvalue weighted by atomic mass is 16.3. The maximum atomic E-state index is 13.6. The average Bonchev–Trinajstić information content (AvgIpc) is 3.43. The highest BCUT2D eigenvalue weighted by Crippen LogP contribution is 2.41. The lowest BCUT2D eigenvalue weighted by Gasteiger charge is -2.46. The molecule has 0 radical (unpaired) electrons. The molecule has 3 saturated heterocycles. The lowest BCUT2D eigenvalue weighted by atomic mass is 9.77. The highest BCUT2D eigenvalue weighted by molar-refractivity contribution is 6.08. The molecule has 6 N–H and O–H groups in total. The summed E-state index contributed by atoms with van der Waals surface area (Å²) in [5.41, 5.74) is 10.6. The number of urea groups is 2. The van der Waals surface area contributed by atoms with Crippen molar-refractivity contribution < 1.29 is 24.3 Å². The first kappa shape index (κ1) is 27.7. The topological polar surface area (TPSA) is 166 Å². The van der Waals surface area contributed by atoms with Gasteiger partial charge < -0.3 is 26.8 Å². The summed E-state index contributed by atoms with van der Waals surface area (Å²) in [7, 11) is 1.55. The summed E-state index contributed by atoms with van der Waals surface area (Å²) >= 11 is 0. The van der Waals surface area contributed by atoms with Crippen LogP contribution < -0.4 is 16.8 Å². The van der Waals surface area contributed by atoms with Crippen LogP contribution in [-0.4, -0.2) is 99.6 Å². The summed E-state index contributed by atoms with van der Waals surface area (Å²) in [6.07, 6.45) is 5.84. The van der Waals surface area contributed by atoms with Crippen molar-refractivity contribution in [2.45, 2.75) is 82.5 Å². The number of hydrogen-bond donors (Lipinski definition) is 4. The Morgan fingerprint density at radius 2 is 1.56 bits per heavy atom. The molecule has 1 unspecified atom stereocenters. The third kappa shape index (κ3) is 4.86. The van der Waals surface area contributed by atoms with Gasteiger partial charge in [-0.25, -0.2) is 9.59 Å². The monoisotopic (exact) mass is 545 g/mol. The fourth-order valence-electron chi connectivity index (χ4n) is 7.32. The van der Waals surface area contributed by atoms with Gasteiger partial charge in [-0.05, 0) is 63.7 Å². The molecule has 12 nitrogen and oxygen atoms in total.